The number of nitrogens with zero attached hydrogens (tertiary/aromatic N) is 2. The predicted octanol–water partition coefficient (Wildman–Crippen LogP) is 2.01. The van der Waals surface area contributed by atoms with Crippen molar-refractivity contribution in [3.05, 3.63) is 28.2 Å². The normalized spacial score (nSPS) is 11.3. The molecule has 0 saturated carbocycles. The lowest BCUT2D eigenvalue weighted by Crippen LogP contribution is -2.26. The molecule has 0 fully saturated rings. The van der Waals surface area contributed by atoms with E-state index in [2.05, 4.69) is 32.8 Å². The molecule has 0 amide bonds. The minimum absolute atomic E-state index is 0.0389. The predicted molar refractivity (Wildman–Crippen MR) is 79.8 cm³/mol. The Labute approximate surface area is 115 Å². The third-order valence-corrected chi connectivity index (χ3v) is 2.94. The molecule has 0 aliphatic rings. The average molecular weight is 312 g/mol. The third-order valence-electron chi connectivity index (χ3n) is 2.31. The van der Waals surface area contributed by atoms with Crippen LogP contribution in [-0.4, -0.2) is 11.9 Å². The van der Waals surface area contributed by atoms with Gasteiger partial charge in [0.1, 0.15) is 0 Å². The van der Waals surface area contributed by atoms with Crippen LogP contribution in [0, 0.1) is 0 Å². The van der Waals surface area contributed by atoms with Crippen LogP contribution in [-0.2, 0) is 6.42 Å². The number of unbranched alkanes of at least 4 members (excludes halogenated alkanes) is 1. The van der Waals surface area contributed by atoms with E-state index in [1.165, 1.54) is 18.4 Å². The summed E-state index contributed by atoms with van der Waals surface area (Å²) >= 11 is 3.46. The monoisotopic (exact) mass is 311 g/mol. The molecule has 0 unspecified atom stereocenters. The summed E-state index contributed by atoms with van der Waals surface area (Å²) in [7, 11) is 0. The van der Waals surface area contributed by atoms with Gasteiger partial charge in [0.15, 0.2) is 5.96 Å². The summed E-state index contributed by atoms with van der Waals surface area (Å²) in [5, 5.41) is 0. The summed E-state index contributed by atoms with van der Waals surface area (Å²) in [6.45, 7) is 2.17. The van der Waals surface area contributed by atoms with Crippen LogP contribution in [0.2, 0.25) is 0 Å². The molecule has 0 spiro atoms. The van der Waals surface area contributed by atoms with E-state index in [9.17, 15) is 0 Å². The second-order valence-corrected chi connectivity index (χ2v) is 4.75. The van der Waals surface area contributed by atoms with Crippen molar-refractivity contribution in [1.29, 1.82) is 0 Å². The molecular formula is C12H18BrN5. The Bertz CT molecular complexity index is 464. The number of aryl methyl sites for hydroxylation is 1. The maximum Gasteiger partial charge on any atom is 0.223 e. The number of halogens is 1. The van der Waals surface area contributed by atoms with E-state index in [-0.39, 0.29) is 11.9 Å². The maximum atomic E-state index is 5.58. The largest absolute Gasteiger partial charge is 0.370 e. The minimum Gasteiger partial charge on any atom is -0.370 e. The fourth-order valence-corrected chi connectivity index (χ4v) is 1.97. The molecule has 0 saturated heterocycles. The minimum atomic E-state index is -0.105. The van der Waals surface area contributed by atoms with Gasteiger partial charge < -0.3 is 17.2 Å². The molecule has 1 aromatic carbocycles. The lowest BCUT2D eigenvalue weighted by atomic mass is 10.1. The number of rotatable bonds is 4. The van der Waals surface area contributed by atoms with Gasteiger partial charge in [-0.05, 0) is 46.5 Å². The summed E-state index contributed by atoms with van der Waals surface area (Å²) in [6, 6.07) is 5.96. The molecule has 0 atom stereocenters. The summed E-state index contributed by atoms with van der Waals surface area (Å²) in [6.07, 6.45) is 3.41. The van der Waals surface area contributed by atoms with Crippen LogP contribution in [0.4, 0.5) is 5.69 Å². The summed E-state index contributed by atoms with van der Waals surface area (Å²) in [5.41, 5.74) is 18.0. The van der Waals surface area contributed by atoms with E-state index >= 15 is 0 Å². The molecule has 0 aliphatic carbocycles. The Morgan fingerprint density at radius 3 is 2.56 bits per heavy atom. The molecule has 1 aromatic rings. The molecule has 98 valence electrons. The van der Waals surface area contributed by atoms with Gasteiger partial charge in [-0.15, -0.1) is 0 Å². The van der Waals surface area contributed by atoms with E-state index in [4.69, 9.17) is 17.2 Å². The molecule has 0 radical (unpaired) electrons. The van der Waals surface area contributed by atoms with Crippen LogP contribution in [0.3, 0.4) is 0 Å². The Kier molecular flexibility index (Phi) is 5.64. The van der Waals surface area contributed by atoms with Crippen molar-refractivity contribution in [1.82, 2.24) is 0 Å². The molecule has 6 heteroatoms. The van der Waals surface area contributed by atoms with Gasteiger partial charge in [-0.25, -0.2) is 4.99 Å². The Morgan fingerprint density at radius 2 is 2.00 bits per heavy atom. The van der Waals surface area contributed by atoms with Crippen molar-refractivity contribution >= 4 is 33.5 Å². The van der Waals surface area contributed by atoms with Gasteiger partial charge in [0.2, 0.25) is 5.96 Å². The van der Waals surface area contributed by atoms with E-state index < -0.39 is 0 Å². The van der Waals surface area contributed by atoms with Gasteiger partial charge in [-0.3, -0.25) is 0 Å². The highest BCUT2D eigenvalue weighted by Gasteiger charge is 2.01. The summed E-state index contributed by atoms with van der Waals surface area (Å²) < 4.78 is 0.879. The Hall–Kier alpha value is -1.56. The SMILES string of the molecule is CCCCc1ccc(N=C(N)N=C(N)N)c(Br)c1. The van der Waals surface area contributed by atoms with Crippen LogP contribution in [0.1, 0.15) is 25.3 Å². The van der Waals surface area contributed by atoms with Gasteiger partial charge in [0.05, 0.1) is 5.69 Å². The van der Waals surface area contributed by atoms with Crippen molar-refractivity contribution in [3.8, 4) is 0 Å². The second-order valence-electron chi connectivity index (χ2n) is 3.90. The fraction of sp³-hybridized carbons (Fsp3) is 0.333. The van der Waals surface area contributed by atoms with E-state index in [0.29, 0.717) is 5.69 Å². The summed E-state index contributed by atoms with van der Waals surface area (Å²) in [4.78, 5) is 7.79. The molecule has 1 rings (SSSR count). The Morgan fingerprint density at radius 1 is 1.28 bits per heavy atom. The molecule has 0 aliphatic heterocycles. The maximum absolute atomic E-state index is 5.58. The number of hydrogen-bond donors (Lipinski definition) is 3. The van der Waals surface area contributed by atoms with Crippen LogP contribution < -0.4 is 17.2 Å². The highest BCUT2D eigenvalue weighted by molar-refractivity contribution is 9.10. The molecule has 5 nitrogen and oxygen atoms in total. The lowest BCUT2D eigenvalue weighted by molar-refractivity contribution is 0.795. The fourth-order valence-electron chi connectivity index (χ4n) is 1.46. The van der Waals surface area contributed by atoms with Gasteiger partial charge in [0.25, 0.3) is 0 Å². The first kappa shape index (κ1) is 14.5. The van der Waals surface area contributed by atoms with E-state index in [0.717, 1.165) is 10.9 Å². The molecular weight excluding hydrogens is 294 g/mol. The van der Waals surface area contributed by atoms with Gasteiger partial charge in [0, 0.05) is 4.47 Å². The topological polar surface area (TPSA) is 103 Å². The third kappa shape index (κ3) is 4.75. The van der Waals surface area contributed by atoms with Crippen molar-refractivity contribution in [2.24, 2.45) is 27.2 Å². The first-order valence-electron chi connectivity index (χ1n) is 5.75. The van der Waals surface area contributed by atoms with Gasteiger partial charge in [-0.1, -0.05) is 19.4 Å². The van der Waals surface area contributed by atoms with Crippen LogP contribution >= 0.6 is 15.9 Å². The molecule has 0 aromatic heterocycles. The van der Waals surface area contributed by atoms with Crippen LogP contribution in [0.25, 0.3) is 0 Å². The zero-order valence-electron chi connectivity index (χ0n) is 10.4. The van der Waals surface area contributed by atoms with Gasteiger partial charge >= 0.3 is 0 Å². The number of hydrogen-bond acceptors (Lipinski definition) is 1. The van der Waals surface area contributed by atoms with Gasteiger partial charge in [-0.2, -0.15) is 4.99 Å². The van der Waals surface area contributed by atoms with Crippen molar-refractivity contribution in [2.75, 3.05) is 0 Å². The number of benzene rings is 1. The molecule has 18 heavy (non-hydrogen) atoms. The number of nitrogens with two attached hydrogens (primary N) is 3. The zero-order valence-corrected chi connectivity index (χ0v) is 11.9. The second kappa shape index (κ2) is 7.00. The first-order valence-corrected chi connectivity index (χ1v) is 6.54. The highest BCUT2D eigenvalue weighted by Crippen LogP contribution is 2.27. The standard InChI is InChI=1S/C12H18BrN5/c1-2-3-4-8-5-6-10(9(13)7-8)17-12(16)18-11(14)15/h5-7H,2-4H2,1H3,(H6,14,15,16,17,18). The molecule has 6 N–H and O–H groups in total. The zero-order chi connectivity index (χ0) is 13.5. The van der Waals surface area contributed by atoms with E-state index in [1.54, 1.807) is 0 Å². The smallest absolute Gasteiger partial charge is 0.223 e. The first-order chi connectivity index (χ1) is 8.52. The molecule has 0 heterocycles. The lowest BCUT2D eigenvalue weighted by Gasteiger charge is -2.04. The van der Waals surface area contributed by atoms with E-state index in [1.807, 2.05) is 18.2 Å². The average Bonchev–Trinajstić information content (AvgIpc) is 2.28. The van der Waals surface area contributed by atoms with Crippen LogP contribution in [0.5, 0.6) is 0 Å². The molecule has 0 bridgehead atoms. The number of aliphatic imine (C=N–C) groups is 2. The van der Waals surface area contributed by atoms with Crippen molar-refractivity contribution < 1.29 is 0 Å². The van der Waals surface area contributed by atoms with Crippen molar-refractivity contribution in [2.45, 2.75) is 26.2 Å². The summed E-state index contributed by atoms with van der Waals surface area (Å²) in [5.74, 6) is -0.0658. The van der Waals surface area contributed by atoms with Crippen molar-refractivity contribution in [3.63, 3.8) is 0 Å². The Balaban J connectivity index is 2.89. The number of guanidine groups is 2. The highest BCUT2D eigenvalue weighted by atomic mass is 79.9. The van der Waals surface area contributed by atoms with Crippen LogP contribution in [0.15, 0.2) is 32.7 Å². The quantitative estimate of drug-likeness (QED) is 0.585.